The van der Waals surface area contributed by atoms with E-state index in [1.807, 2.05) is 7.05 Å². The van der Waals surface area contributed by atoms with Crippen LogP contribution in [0, 0.1) is 5.92 Å². The number of carbonyl (C=O) groups excluding carboxylic acids is 2. The van der Waals surface area contributed by atoms with Crippen LogP contribution >= 0.6 is 0 Å². The summed E-state index contributed by atoms with van der Waals surface area (Å²) in [5, 5.41) is 0. The number of hydrogen-bond acceptors (Lipinski definition) is 2. The molecule has 0 aromatic carbocycles. The molecule has 0 spiro atoms. The molecule has 1 aromatic heterocycles. The highest BCUT2D eigenvalue weighted by Crippen LogP contribution is 2.29. The number of H-pyrrole nitrogens is 1. The van der Waals surface area contributed by atoms with Crippen LogP contribution in [0.5, 0.6) is 0 Å². The van der Waals surface area contributed by atoms with Gasteiger partial charge in [-0.2, -0.15) is 0 Å². The third-order valence-corrected chi connectivity index (χ3v) is 4.73. The molecule has 3 rings (SSSR count). The predicted octanol–water partition coefficient (Wildman–Crippen LogP) is 1.88. The van der Waals surface area contributed by atoms with Crippen LogP contribution in [0.3, 0.4) is 0 Å². The molecule has 5 nitrogen and oxygen atoms in total. The van der Waals surface area contributed by atoms with Crippen molar-refractivity contribution in [2.45, 2.75) is 38.1 Å². The van der Waals surface area contributed by atoms with Gasteiger partial charge in [0.1, 0.15) is 0 Å². The van der Waals surface area contributed by atoms with E-state index in [1.165, 1.54) is 12.8 Å². The average Bonchev–Trinajstić information content (AvgIpc) is 3.19. The summed E-state index contributed by atoms with van der Waals surface area (Å²) in [6.45, 7) is 1.47. The molecule has 0 radical (unpaired) electrons. The molecule has 2 fully saturated rings. The van der Waals surface area contributed by atoms with Gasteiger partial charge in [0.25, 0.3) is 5.91 Å². The quantitative estimate of drug-likeness (QED) is 0.920. The monoisotopic (exact) mass is 289 g/mol. The Morgan fingerprint density at radius 1 is 1.43 bits per heavy atom. The van der Waals surface area contributed by atoms with Crippen LogP contribution in [0.1, 0.15) is 42.5 Å². The number of likely N-dealkylation sites (tertiary alicyclic amines) is 1. The minimum absolute atomic E-state index is 0.0167. The van der Waals surface area contributed by atoms with Crippen LogP contribution in [0.4, 0.5) is 0 Å². The topological polar surface area (TPSA) is 56.4 Å². The maximum atomic E-state index is 12.2. The summed E-state index contributed by atoms with van der Waals surface area (Å²) in [5.41, 5.74) is 0.675. The van der Waals surface area contributed by atoms with Crippen LogP contribution < -0.4 is 0 Å². The predicted molar refractivity (Wildman–Crippen MR) is 79.8 cm³/mol. The molecule has 1 aliphatic carbocycles. The molecule has 1 unspecified atom stereocenters. The Morgan fingerprint density at radius 2 is 2.19 bits per heavy atom. The van der Waals surface area contributed by atoms with Crippen molar-refractivity contribution in [3.63, 3.8) is 0 Å². The Kier molecular flexibility index (Phi) is 3.99. The number of aromatic amines is 1. The summed E-state index contributed by atoms with van der Waals surface area (Å²) in [7, 11) is 1.82. The minimum atomic E-state index is 0.0167. The minimum Gasteiger partial charge on any atom is -0.367 e. The van der Waals surface area contributed by atoms with Crippen LogP contribution in [0.2, 0.25) is 0 Å². The second-order valence-corrected chi connectivity index (χ2v) is 6.34. The zero-order valence-corrected chi connectivity index (χ0v) is 12.5. The third-order valence-electron chi connectivity index (χ3n) is 4.73. The lowest BCUT2D eigenvalue weighted by Gasteiger charge is -2.25. The average molecular weight is 289 g/mol. The molecule has 1 saturated heterocycles. The van der Waals surface area contributed by atoms with Crippen LogP contribution in [-0.4, -0.2) is 52.8 Å². The molecular weight excluding hydrogens is 266 g/mol. The van der Waals surface area contributed by atoms with Gasteiger partial charge in [-0.05, 0) is 18.9 Å². The standard InChI is InChI=1S/C16H23N3O2/c1-18(16(21)13-6-7-17-9-13)10-12-8-15(20)19(11-12)14-4-2-3-5-14/h6-7,9,12,14,17H,2-5,8,10-11H2,1H3. The van der Waals surface area contributed by atoms with Gasteiger partial charge in [0.2, 0.25) is 5.91 Å². The summed E-state index contributed by atoms with van der Waals surface area (Å²) in [6.07, 6.45) is 8.83. The molecule has 1 N–H and O–H groups in total. The number of aromatic nitrogens is 1. The Morgan fingerprint density at radius 3 is 2.86 bits per heavy atom. The van der Waals surface area contributed by atoms with E-state index in [9.17, 15) is 9.59 Å². The maximum absolute atomic E-state index is 12.2. The van der Waals surface area contributed by atoms with Crippen molar-refractivity contribution in [2.75, 3.05) is 20.1 Å². The summed E-state index contributed by atoms with van der Waals surface area (Å²) < 4.78 is 0. The van der Waals surface area contributed by atoms with E-state index < -0.39 is 0 Å². The Labute approximate surface area is 125 Å². The molecule has 2 amide bonds. The molecule has 1 saturated carbocycles. The fourth-order valence-corrected chi connectivity index (χ4v) is 3.65. The second kappa shape index (κ2) is 5.92. The number of hydrogen-bond donors (Lipinski definition) is 1. The van der Waals surface area contributed by atoms with Crippen molar-refractivity contribution in [3.8, 4) is 0 Å². The van der Waals surface area contributed by atoms with Crippen molar-refractivity contribution >= 4 is 11.8 Å². The first-order chi connectivity index (χ1) is 10.1. The van der Waals surface area contributed by atoms with E-state index in [-0.39, 0.29) is 17.7 Å². The van der Waals surface area contributed by atoms with Gasteiger partial charge in [0, 0.05) is 50.9 Å². The van der Waals surface area contributed by atoms with Crippen LogP contribution in [-0.2, 0) is 4.79 Å². The van der Waals surface area contributed by atoms with Crippen molar-refractivity contribution in [2.24, 2.45) is 5.92 Å². The van der Waals surface area contributed by atoms with E-state index in [1.54, 1.807) is 23.4 Å². The SMILES string of the molecule is CN(CC1CC(=O)N(C2CCCC2)C1)C(=O)c1cc[nH]c1. The molecule has 2 heterocycles. The van der Waals surface area contributed by atoms with Crippen molar-refractivity contribution in [1.82, 2.24) is 14.8 Å². The molecule has 1 aliphatic heterocycles. The Balaban J connectivity index is 1.56. The molecule has 1 aromatic rings. The van der Waals surface area contributed by atoms with Gasteiger partial charge in [-0.1, -0.05) is 12.8 Å². The van der Waals surface area contributed by atoms with Crippen molar-refractivity contribution < 1.29 is 9.59 Å². The van der Waals surface area contributed by atoms with Gasteiger partial charge < -0.3 is 14.8 Å². The van der Waals surface area contributed by atoms with E-state index in [0.717, 1.165) is 19.4 Å². The first-order valence-electron chi connectivity index (χ1n) is 7.83. The normalized spacial score (nSPS) is 23.0. The van der Waals surface area contributed by atoms with Gasteiger partial charge in [0.05, 0.1) is 5.56 Å². The first-order valence-corrected chi connectivity index (χ1v) is 7.83. The molecule has 5 heteroatoms. The number of carbonyl (C=O) groups is 2. The molecular formula is C16H23N3O2. The number of nitrogens with zero attached hydrogens (tertiary/aromatic N) is 2. The second-order valence-electron chi connectivity index (χ2n) is 6.34. The number of amides is 2. The Bertz CT molecular complexity index is 506. The summed E-state index contributed by atoms with van der Waals surface area (Å²) in [5.74, 6) is 0.559. The number of nitrogens with one attached hydrogen (secondary N) is 1. The van der Waals surface area contributed by atoms with Crippen molar-refractivity contribution in [1.29, 1.82) is 0 Å². The van der Waals surface area contributed by atoms with E-state index in [0.29, 0.717) is 24.6 Å². The fraction of sp³-hybridized carbons (Fsp3) is 0.625. The Hall–Kier alpha value is -1.78. The lowest BCUT2D eigenvalue weighted by molar-refractivity contribution is -0.129. The van der Waals surface area contributed by atoms with E-state index in [4.69, 9.17) is 0 Å². The highest BCUT2D eigenvalue weighted by atomic mass is 16.2. The van der Waals surface area contributed by atoms with Crippen LogP contribution in [0.15, 0.2) is 18.5 Å². The van der Waals surface area contributed by atoms with E-state index >= 15 is 0 Å². The summed E-state index contributed by atoms with van der Waals surface area (Å²) >= 11 is 0. The molecule has 114 valence electrons. The fourth-order valence-electron chi connectivity index (χ4n) is 3.65. The molecule has 1 atom stereocenters. The van der Waals surface area contributed by atoms with Gasteiger partial charge in [0.15, 0.2) is 0 Å². The molecule has 21 heavy (non-hydrogen) atoms. The van der Waals surface area contributed by atoms with Gasteiger partial charge in [-0.25, -0.2) is 0 Å². The highest BCUT2D eigenvalue weighted by Gasteiger charge is 2.36. The third kappa shape index (κ3) is 2.96. The lowest BCUT2D eigenvalue weighted by atomic mass is 10.1. The zero-order chi connectivity index (χ0) is 14.8. The lowest BCUT2D eigenvalue weighted by Crippen LogP contribution is -2.36. The molecule has 2 aliphatic rings. The van der Waals surface area contributed by atoms with Gasteiger partial charge in [-0.3, -0.25) is 9.59 Å². The van der Waals surface area contributed by atoms with Crippen molar-refractivity contribution in [3.05, 3.63) is 24.0 Å². The van der Waals surface area contributed by atoms with E-state index in [2.05, 4.69) is 9.88 Å². The molecule has 0 bridgehead atoms. The van der Waals surface area contributed by atoms with Gasteiger partial charge in [-0.15, -0.1) is 0 Å². The zero-order valence-electron chi connectivity index (χ0n) is 12.5. The smallest absolute Gasteiger partial charge is 0.255 e. The largest absolute Gasteiger partial charge is 0.367 e. The van der Waals surface area contributed by atoms with Gasteiger partial charge >= 0.3 is 0 Å². The maximum Gasteiger partial charge on any atom is 0.255 e. The first kappa shape index (κ1) is 14.2. The van der Waals surface area contributed by atoms with Crippen LogP contribution in [0.25, 0.3) is 0 Å². The number of rotatable bonds is 4. The summed E-state index contributed by atoms with van der Waals surface area (Å²) in [4.78, 5) is 31.1. The highest BCUT2D eigenvalue weighted by molar-refractivity contribution is 5.93. The summed E-state index contributed by atoms with van der Waals surface area (Å²) in [6, 6.07) is 2.23.